The number of hydrogen-bond donors (Lipinski definition) is 1. The van der Waals surface area contributed by atoms with Crippen molar-refractivity contribution in [2.45, 2.75) is 31.3 Å². The van der Waals surface area contributed by atoms with Gasteiger partial charge in [0.2, 0.25) is 5.91 Å². The minimum atomic E-state index is -0.296. The van der Waals surface area contributed by atoms with Crippen molar-refractivity contribution in [3.05, 3.63) is 71.8 Å². The van der Waals surface area contributed by atoms with Crippen molar-refractivity contribution in [1.82, 2.24) is 20.1 Å². The summed E-state index contributed by atoms with van der Waals surface area (Å²) in [6.07, 6.45) is 2.41. The number of aromatic nitrogens is 3. The largest absolute Gasteiger partial charge is 0.355 e. The lowest BCUT2D eigenvalue weighted by Gasteiger charge is -2.10. The highest BCUT2D eigenvalue weighted by molar-refractivity contribution is 7.99. The molecule has 0 spiro atoms. The second kappa shape index (κ2) is 10.0. The average Bonchev–Trinajstić information content (AvgIpc) is 3.13. The van der Waals surface area contributed by atoms with Crippen molar-refractivity contribution >= 4 is 17.7 Å². The van der Waals surface area contributed by atoms with Gasteiger partial charge in [0, 0.05) is 18.7 Å². The highest BCUT2D eigenvalue weighted by atomic mass is 32.2. The van der Waals surface area contributed by atoms with Crippen molar-refractivity contribution in [1.29, 1.82) is 0 Å². The molecule has 2 aromatic carbocycles. The van der Waals surface area contributed by atoms with Crippen LogP contribution in [0.5, 0.6) is 0 Å². The number of rotatable bonds is 9. The summed E-state index contributed by atoms with van der Waals surface area (Å²) >= 11 is 1.33. The zero-order valence-electron chi connectivity index (χ0n) is 15.8. The van der Waals surface area contributed by atoms with Crippen LogP contribution in [-0.2, 0) is 17.6 Å². The van der Waals surface area contributed by atoms with Gasteiger partial charge in [0.05, 0.1) is 5.75 Å². The van der Waals surface area contributed by atoms with Gasteiger partial charge < -0.3 is 5.32 Å². The number of nitrogens with zero attached hydrogens (tertiary/aromatic N) is 3. The second-order valence-electron chi connectivity index (χ2n) is 6.33. The van der Waals surface area contributed by atoms with Crippen molar-refractivity contribution in [2.24, 2.45) is 0 Å². The average molecular weight is 399 g/mol. The van der Waals surface area contributed by atoms with Crippen LogP contribution in [-0.4, -0.2) is 33.0 Å². The molecule has 5 nitrogen and oxygen atoms in total. The van der Waals surface area contributed by atoms with Gasteiger partial charge in [-0.15, -0.1) is 10.2 Å². The summed E-state index contributed by atoms with van der Waals surface area (Å²) in [5.41, 5.74) is 2.00. The van der Waals surface area contributed by atoms with Crippen LogP contribution in [0, 0.1) is 5.82 Å². The first-order valence-electron chi connectivity index (χ1n) is 9.31. The minimum Gasteiger partial charge on any atom is -0.355 e. The maximum atomic E-state index is 13.4. The lowest BCUT2D eigenvalue weighted by Crippen LogP contribution is -2.25. The van der Waals surface area contributed by atoms with Crippen molar-refractivity contribution in [3.8, 4) is 5.69 Å². The predicted molar refractivity (Wildman–Crippen MR) is 109 cm³/mol. The first-order chi connectivity index (χ1) is 13.7. The fourth-order valence-electron chi connectivity index (χ4n) is 2.75. The Hall–Kier alpha value is -2.67. The number of carbonyl (C=O) groups excluding carboxylic acids is 1. The van der Waals surface area contributed by atoms with Gasteiger partial charge in [0.1, 0.15) is 11.6 Å². The van der Waals surface area contributed by atoms with E-state index in [-0.39, 0.29) is 17.5 Å². The molecule has 1 amide bonds. The number of halogens is 1. The summed E-state index contributed by atoms with van der Waals surface area (Å²) in [5.74, 6) is 0.715. The van der Waals surface area contributed by atoms with Crippen LogP contribution in [0.15, 0.2) is 59.8 Å². The van der Waals surface area contributed by atoms with E-state index in [1.54, 1.807) is 12.1 Å². The van der Waals surface area contributed by atoms with E-state index in [1.807, 2.05) is 29.7 Å². The number of carbonyl (C=O) groups is 1. The predicted octanol–water partition coefficient (Wildman–Crippen LogP) is 3.81. The number of amides is 1. The summed E-state index contributed by atoms with van der Waals surface area (Å²) in [4.78, 5) is 11.9. The summed E-state index contributed by atoms with van der Waals surface area (Å²) in [7, 11) is 0. The smallest absolute Gasteiger partial charge is 0.230 e. The Morgan fingerprint density at radius 3 is 2.54 bits per heavy atom. The molecule has 0 atom stereocenters. The van der Waals surface area contributed by atoms with Gasteiger partial charge in [-0.2, -0.15) is 0 Å². The van der Waals surface area contributed by atoms with Crippen LogP contribution >= 0.6 is 11.8 Å². The molecule has 7 heteroatoms. The van der Waals surface area contributed by atoms with Crippen LogP contribution in [0.1, 0.15) is 24.7 Å². The van der Waals surface area contributed by atoms with E-state index in [1.165, 1.54) is 29.5 Å². The van der Waals surface area contributed by atoms with Crippen LogP contribution in [0.25, 0.3) is 5.69 Å². The quantitative estimate of drug-likeness (QED) is 0.557. The monoisotopic (exact) mass is 398 g/mol. The van der Waals surface area contributed by atoms with E-state index in [2.05, 4.69) is 27.6 Å². The molecule has 0 saturated carbocycles. The highest BCUT2D eigenvalue weighted by Crippen LogP contribution is 2.23. The summed E-state index contributed by atoms with van der Waals surface area (Å²) in [6, 6.07) is 16.4. The van der Waals surface area contributed by atoms with Crippen molar-refractivity contribution in [2.75, 3.05) is 12.3 Å². The first-order valence-corrected chi connectivity index (χ1v) is 10.3. The van der Waals surface area contributed by atoms with Gasteiger partial charge in [0.15, 0.2) is 5.16 Å². The third-order valence-electron chi connectivity index (χ3n) is 4.17. The molecule has 1 heterocycles. The molecule has 0 bridgehead atoms. The Bertz CT molecular complexity index is 897. The number of aryl methyl sites for hydroxylation is 2. The fourth-order valence-corrected chi connectivity index (χ4v) is 3.55. The normalized spacial score (nSPS) is 10.8. The van der Waals surface area contributed by atoms with E-state index < -0.39 is 0 Å². The van der Waals surface area contributed by atoms with Gasteiger partial charge in [-0.05, 0) is 42.7 Å². The molecule has 0 fully saturated rings. The van der Waals surface area contributed by atoms with E-state index in [4.69, 9.17) is 0 Å². The zero-order valence-corrected chi connectivity index (χ0v) is 16.6. The summed E-state index contributed by atoms with van der Waals surface area (Å²) in [6.45, 7) is 2.67. The number of nitrogens with one attached hydrogen (secondary N) is 1. The third kappa shape index (κ3) is 5.42. The van der Waals surface area contributed by atoms with Crippen molar-refractivity contribution < 1.29 is 9.18 Å². The van der Waals surface area contributed by atoms with Gasteiger partial charge in [-0.3, -0.25) is 9.36 Å². The molecule has 0 saturated heterocycles. The molecule has 28 heavy (non-hydrogen) atoms. The first kappa shape index (κ1) is 20.1. The van der Waals surface area contributed by atoms with Crippen LogP contribution in [0.4, 0.5) is 4.39 Å². The molecule has 1 N–H and O–H groups in total. The third-order valence-corrected chi connectivity index (χ3v) is 5.10. The Morgan fingerprint density at radius 2 is 1.82 bits per heavy atom. The van der Waals surface area contributed by atoms with Crippen molar-refractivity contribution in [3.63, 3.8) is 0 Å². The Morgan fingerprint density at radius 1 is 1.07 bits per heavy atom. The molecular weight excluding hydrogens is 375 g/mol. The van der Waals surface area contributed by atoms with E-state index in [9.17, 15) is 9.18 Å². The van der Waals surface area contributed by atoms with E-state index in [0.717, 1.165) is 24.4 Å². The van der Waals surface area contributed by atoms with Crippen LogP contribution < -0.4 is 5.32 Å². The number of thioether (sulfide) groups is 1. The highest BCUT2D eigenvalue weighted by Gasteiger charge is 2.16. The topological polar surface area (TPSA) is 59.8 Å². The molecule has 0 aliphatic rings. The lowest BCUT2D eigenvalue weighted by molar-refractivity contribution is -0.118. The van der Waals surface area contributed by atoms with Gasteiger partial charge in [-0.1, -0.05) is 49.0 Å². The standard InChI is InChI=1S/C21H23FN4OS/c1-2-14-23-20(27)15-28-21-25-24-19(13-8-16-6-4-3-5-7-16)26(21)18-11-9-17(22)10-12-18/h3-7,9-12H,2,8,13-15H2,1H3,(H,23,27). The molecule has 0 radical (unpaired) electrons. The number of benzene rings is 2. The molecular formula is C21H23FN4OS. The maximum absolute atomic E-state index is 13.4. The molecule has 1 aromatic heterocycles. The molecule has 3 aromatic rings. The van der Waals surface area contributed by atoms with Crippen LogP contribution in [0.3, 0.4) is 0 Å². The van der Waals surface area contributed by atoms with E-state index in [0.29, 0.717) is 18.1 Å². The zero-order chi connectivity index (χ0) is 19.8. The van der Waals surface area contributed by atoms with Crippen LogP contribution in [0.2, 0.25) is 0 Å². The SMILES string of the molecule is CCCNC(=O)CSc1nnc(CCc2ccccc2)n1-c1ccc(F)cc1. The Labute approximate surface area is 168 Å². The fraction of sp³-hybridized carbons (Fsp3) is 0.286. The lowest BCUT2D eigenvalue weighted by atomic mass is 10.1. The second-order valence-corrected chi connectivity index (χ2v) is 7.28. The minimum absolute atomic E-state index is 0.0358. The van der Waals surface area contributed by atoms with Gasteiger partial charge in [0.25, 0.3) is 0 Å². The van der Waals surface area contributed by atoms with Gasteiger partial charge >= 0.3 is 0 Å². The number of hydrogen-bond acceptors (Lipinski definition) is 4. The summed E-state index contributed by atoms with van der Waals surface area (Å²) in [5, 5.41) is 12.1. The van der Waals surface area contributed by atoms with Gasteiger partial charge in [-0.25, -0.2) is 4.39 Å². The molecule has 3 rings (SSSR count). The Balaban J connectivity index is 1.80. The Kier molecular flexibility index (Phi) is 7.19. The molecule has 0 aliphatic heterocycles. The van der Waals surface area contributed by atoms with E-state index >= 15 is 0 Å². The maximum Gasteiger partial charge on any atom is 0.230 e. The summed E-state index contributed by atoms with van der Waals surface area (Å²) < 4.78 is 15.3. The molecule has 146 valence electrons. The molecule has 0 aliphatic carbocycles. The molecule has 0 unspecified atom stereocenters.